The van der Waals surface area contributed by atoms with Gasteiger partial charge in [0.1, 0.15) is 48.8 Å². The second kappa shape index (κ2) is 62.7. The fourth-order valence-corrected chi connectivity index (χ4v) is 13.1. The highest BCUT2D eigenvalue weighted by Crippen LogP contribution is 2.30. The standard InChI is InChI=1S/C78H147NO13/c1-3-5-7-9-11-13-15-17-19-21-23-25-27-29-30-31-32-33-34-35-36-38-39-41-43-45-47-49-51-53-55-57-59-61-67(82)66(65-89-77-75(88)73(86)76(69(64-81)91-77)92-78-74(87)72(85)71(84)68(63-80)90-78)79-70(83)62-60-58-56-54-52-50-48-46-44-42-40-37-28-26-24-22-20-18-16-14-12-10-8-6-4-2/h16,18,22,24,28,37,66-69,71-78,80-82,84-88H,3-15,17,19-21,23,25-27,29-36,38-65H2,1-2H3,(H,79,83)/b18-16-,24-22-,37-28-. The Kier molecular flexibility index (Phi) is 58.8. The molecule has 1 amide bonds. The van der Waals surface area contributed by atoms with Gasteiger partial charge < -0.3 is 65.1 Å². The number of amides is 1. The first-order chi connectivity index (χ1) is 45.1. The lowest BCUT2D eigenvalue weighted by molar-refractivity contribution is -0.359. The zero-order valence-corrected chi connectivity index (χ0v) is 59.3. The van der Waals surface area contributed by atoms with Gasteiger partial charge in [-0.1, -0.05) is 339 Å². The molecule has 9 N–H and O–H groups in total. The van der Waals surface area contributed by atoms with Crippen LogP contribution in [0.5, 0.6) is 0 Å². The molecule has 12 unspecified atom stereocenters. The van der Waals surface area contributed by atoms with Crippen molar-refractivity contribution in [1.29, 1.82) is 0 Å². The Morgan fingerprint density at radius 3 is 1.10 bits per heavy atom. The highest BCUT2D eigenvalue weighted by Gasteiger charge is 2.51. The van der Waals surface area contributed by atoms with Gasteiger partial charge in [-0.2, -0.15) is 0 Å². The van der Waals surface area contributed by atoms with Crippen molar-refractivity contribution in [3.05, 3.63) is 36.5 Å². The molecule has 0 radical (unpaired) electrons. The number of hydrogen-bond donors (Lipinski definition) is 9. The Hall–Kier alpha value is -1.79. The maximum Gasteiger partial charge on any atom is 0.220 e. The molecule has 12 atom stereocenters. The molecule has 0 aromatic heterocycles. The van der Waals surface area contributed by atoms with E-state index >= 15 is 0 Å². The highest BCUT2D eigenvalue weighted by molar-refractivity contribution is 5.76. The molecule has 2 aliphatic rings. The molecule has 2 aliphatic heterocycles. The van der Waals surface area contributed by atoms with Crippen LogP contribution in [0.4, 0.5) is 0 Å². The number of ether oxygens (including phenoxy) is 4. The SMILES string of the molecule is CCCCCCC/C=C\C/C=C\C/C=C\CCCCCCCCCCCCC(=O)NC(COC1OC(CO)C(OC2OC(CO)C(O)C(O)C2O)C(O)C1O)C(O)CCCCCCCCCCCCCCCCCCCCCCCCCCCCCCCCCCC. The summed E-state index contributed by atoms with van der Waals surface area (Å²) in [5.74, 6) is -0.206. The summed E-state index contributed by atoms with van der Waals surface area (Å²) in [4.78, 5) is 13.4. The van der Waals surface area contributed by atoms with Crippen LogP contribution in [0, 0.1) is 0 Å². The molecule has 542 valence electrons. The van der Waals surface area contributed by atoms with Crippen LogP contribution in [-0.4, -0.2) is 140 Å². The van der Waals surface area contributed by atoms with Gasteiger partial charge in [-0.3, -0.25) is 4.79 Å². The molecule has 0 aromatic carbocycles. The Morgan fingerprint density at radius 1 is 0.391 bits per heavy atom. The van der Waals surface area contributed by atoms with Crippen molar-refractivity contribution < 1.29 is 64.6 Å². The molecule has 0 spiro atoms. The number of nitrogens with one attached hydrogen (secondary N) is 1. The molecular formula is C78H147NO13. The first kappa shape index (κ1) is 86.3. The van der Waals surface area contributed by atoms with Crippen molar-refractivity contribution in [3.8, 4) is 0 Å². The number of hydrogen-bond acceptors (Lipinski definition) is 13. The fourth-order valence-electron chi connectivity index (χ4n) is 13.1. The number of aliphatic hydroxyl groups is 8. The van der Waals surface area contributed by atoms with Crippen LogP contribution >= 0.6 is 0 Å². The molecule has 0 bridgehead atoms. The lowest BCUT2D eigenvalue weighted by Crippen LogP contribution is -2.65. The molecule has 92 heavy (non-hydrogen) atoms. The molecular weight excluding hydrogens is 1160 g/mol. The minimum atomic E-state index is -1.78. The van der Waals surface area contributed by atoms with Crippen LogP contribution in [0.2, 0.25) is 0 Å². The number of aliphatic hydroxyl groups excluding tert-OH is 8. The van der Waals surface area contributed by atoms with Crippen LogP contribution in [0.3, 0.4) is 0 Å². The monoisotopic (exact) mass is 1310 g/mol. The van der Waals surface area contributed by atoms with Gasteiger partial charge in [0.15, 0.2) is 12.6 Å². The molecule has 0 aliphatic carbocycles. The molecule has 14 heteroatoms. The number of carbonyl (C=O) groups excluding carboxylic acids is 1. The summed E-state index contributed by atoms with van der Waals surface area (Å²) < 4.78 is 23.0. The first-order valence-electron chi connectivity index (χ1n) is 39.2. The van der Waals surface area contributed by atoms with Gasteiger partial charge in [0.2, 0.25) is 5.91 Å². The number of unbranched alkanes of at least 4 members (excludes halogenated alkanes) is 47. The molecule has 2 fully saturated rings. The van der Waals surface area contributed by atoms with Crippen molar-refractivity contribution in [2.75, 3.05) is 19.8 Å². The molecule has 2 saturated heterocycles. The van der Waals surface area contributed by atoms with Crippen LogP contribution < -0.4 is 5.32 Å². The second-order valence-electron chi connectivity index (χ2n) is 27.8. The average molecular weight is 1310 g/mol. The van der Waals surface area contributed by atoms with Crippen molar-refractivity contribution in [2.45, 2.75) is 434 Å². The predicted octanol–water partition coefficient (Wildman–Crippen LogP) is 17.2. The van der Waals surface area contributed by atoms with E-state index in [4.69, 9.17) is 18.9 Å². The lowest BCUT2D eigenvalue weighted by Gasteiger charge is -2.46. The van der Waals surface area contributed by atoms with E-state index in [1.807, 2.05) is 0 Å². The third-order valence-corrected chi connectivity index (χ3v) is 19.4. The van der Waals surface area contributed by atoms with Crippen molar-refractivity contribution in [3.63, 3.8) is 0 Å². The maximum atomic E-state index is 13.4. The third kappa shape index (κ3) is 45.7. The molecule has 2 rings (SSSR count). The van der Waals surface area contributed by atoms with E-state index in [1.54, 1.807) is 0 Å². The number of carbonyl (C=O) groups is 1. The van der Waals surface area contributed by atoms with Crippen LogP contribution in [-0.2, 0) is 23.7 Å². The minimum absolute atomic E-state index is 0.206. The van der Waals surface area contributed by atoms with Crippen LogP contribution in [0.1, 0.15) is 361 Å². The van der Waals surface area contributed by atoms with Gasteiger partial charge in [-0.15, -0.1) is 0 Å². The zero-order valence-electron chi connectivity index (χ0n) is 59.3. The normalized spacial score (nSPS) is 22.8. The summed E-state index contributed by atoms with van der Waals surface area (Å²) >= 11 is 0. The van der Waals surface area contributed by atoms with Gasteiger partial charge >= 0.3 is 0 Å². The minimum Gasteiger partial charge on any atom is -0.394 e. The average Bonchev–Trinajstić information content (AvgIpc) is 0.865. The number of rotatable bonds is 66. The Bertz CT molecular complexity index is 1680. The highest BCUT2D eigenvalue weighted by atomic mass is 16.7. The molecule has 0 saturated carbocycles. The number of allylic oxidation sites excluding steroid dienone is 6. The summed E-state index contributed by atoms with van der Waals surface area (Å²) in [5, 5.41) is 87.8. The summed E-state index contributed by atoms with van der Waals surface area (Å²) in [7, 11) is 0. The Labute approximate surface area is 563 Å². The van der Waals surface area contributed by atoms with Gasteiger partial charge in [0.25, 0.3) is 0 Å². The van der Waals surface area contributed by atoms with E-state index in [1.165, 1.54) is 263 Å². The summed E-state index contributed by atoms with van der Waals surface area (Å²) in [6, 6.07) is -0.834. The summed E-state index contributed by atoms with van der Waals surface area (Å²) in [6.45, 7) is 2.90. The topological polar surface area (TPSA) is 228 Å². The van der Waals surface area contributed by atoms with E-state index in [0.29, 0.717) is 12.8 Å². The van der Waals surface area contributed by atoms with E-state index in [-0.39, 0.29) is 12.5 Å². The summed E-state index contributed by atoms with van der Waals surface area (Å²) in [6.07, 6.45) is 64.6. The lowest BCUT2D eigenvalue weighted by atomic mass is 9.97. The van der Waals surface area contributed by atoms with Crippen molar-refractivity contribution in [2.24, 2.45) is 0 Å². The van der Waals surface area contributed by atoms with E-state index < -0.39 is 86.8 Å². The van der Waals surface area contributed by atoms with Gasteiger partial charge in [-0.25, -0.2) is 0 Å². The van der Waals surface area contributed by atoms with Gasteiger partial charge in [0, 0.05) is 6.42 Å². The smallest absolute Gasteiger partial charge is 0.220 e. The Morgan fingerprint density at radius 2 is 0.717 bits per heavy atom. The maximum absolute atomic E-state index is 13.4. The van der Waals surface area contributed by atoms with Crippen LogP contribution in [0.15, 0.2) is 36.5 Å². The predicted molar refractivity (Wildman–Crippen MR) is 378 cm³/mol. The van der Waals surface area contributed by atoms with E-state index in [9.17, 15) is 45.6 Å². The van der Waals surface area contributed by atoms with Crippen molar-refractivity contribution in [1.82, 2.24) is 5.32 Å². The van der Waals surface area contributed by atoms with Gasteiger partial charge in [-0.05, 0) is 51.4 Å². The zero-order chi connectivity index (χ0) is 66.6. The van der Waals surface area contributed by atoms with Crippen molar-refractivity contribution >= 4 is 5.91 Å². The van der Waals surface area contributed by atoms with Gasteiger partial charge in [0.05, 0.1) is 32.0 Å². The molecule has 2 heterocycles. The summed E-state index contributed by atoms with van der Waals surface area (Å²) in [5.41, 5.74) is 0. The molecule has 14 nitrogen and oxygen atoms in total. The quantitative estimate of drug-likeness (QED) is 0.0204. The van der Waals surface area contributed by atoms with E-state index in [2.05, 4.69) is 55.6 Å². The first-order valence-corrected chi connectivity index (χ1v) is 39.2. The van der Waals surface area contributed by atoms with Crippen LogP contribution in [0.25, 0.3) is 0 Å². The molecule has 0 aromatic rings. The third-order valence-electron chi connectivity index (χ3n) is 19.4. The fraction of sp³-hybridized carbons (Fsp3) is 0.910. The Balaban J connectivity index is 1.62. The second-order valence-corrected chi connectivity index (χ2v) is 27.8. The van der Waals surface area contributed by atoms with E-state index in [0.717, 1.165) is 70.6 Å². The largest absolute Gasteiger partial charge is 0.394 e.